The van der Waals surface area contributed by atoms with Gasteiger partial charge in [-0.05, 0) is 47.7 Å². The smallest absolute Gasteiger partial charge is 0.165 e. The van der Waals surface area contributed by atoms with Crippen LogP contribution in [0.2, 0.25) is 0 Å². The Kier molecular flexibility index (Phi) is 4.24. The number of benzene rings is 2. The largest absolute Gasteiger partial charge is 0.294 e. The summed E-state index contributed by atoms with van der Waals surface area (Å²) in [6.45, 7) is 0. The highest BCUT2D eigenvalue weighted by molar-refractivity contribution is 5.98. The van der Waals surface area contributed by atoms with Crippen LogP contribution in [0.3, 0.4) is 0 Å². The third-order valence-electron chi connectivity index (χ3n) is 5.45. The van der Waals surface area contributed by atoms with Gasteiger partial charge in [-0.1, -0.05) is 49.6 Å². The van der Waals surface area contributed by atoms with Gasteiger partial charge in [-0.15, -0.1) is 0 Å². The van der Waals surface area contributed by atoms with E-state index < -0.39 is 11.6 Å². The van der Waals surface area contributed by atoms with Crippen LogP contribution in [0.25, 0.3) is 6.08 Å². The summed E-state index contributed by atoms with van der Waals surface area (Å²) in [7, 11) is 0. The van der Waals surface area contributed by atoms with Crippen molar-refractivity contribution < 1.29 is 13.6 Å². The van der Waals surface area contributed by atoms with Crippen molar-refractivity contribution in [2.45, 2.75) is 38.0 Å². The van der Waals surface area contributed by atoms with Crippen LogP contribution in [0.15, 0.2) is 42.5 Å². The SMILES string of the molecule is O=C(c1ccc2c(c1)C=CC2c1ccc(F)c(F)c1)C1CCCCC1. The van der Waals surface area contributed by atoms with E-state index in [0.717, 1.165) is 54.0 Å². The molecule has 0 heterocycles. The summed E-state index contributed by atoms with van der Waals surface area (Å²) in [6, 6.07) is 9.82. The maximum absolute atomic E-state index is 13.5. The van der Waals surface area contributed by atoms with Crippen LogP contribution in [-0.4, -0.2) is 5.78 Å². The second-order valence-electron chi connectivity index (χ2n) is 7.05. The van der Waals surface area contributed by atoms with Gasteiger partial charge in [-0.3, -0.25) is 4.79 Å². The molecule has 1 atom stereocenters. The zero-order chi connectivity index (χ0) is 17.4. The molecular formula is C22H20F2O. The molecule has 1 unspecified atom stereocenters. The van der Waals surface area contributed by atoms with E-state index in [-0.39, 0.29) is 17.6 Å². The number of fused-ring (bicyclic) bond motifs is 1. The third-order valence-corrected chi connectivity index (χ3v) is 5.45. The zero-order valence-corrected chi connectivity index (χ0v) is 14.0. The Morgan fingerprint density at radius 2 is 1.72 bits per heavy atom. The quantitative estimate of drug-likeness (QED) is 0.638. The number of halogens is 2. The Morgan fingerprint density at radius 3 is 2.48 bits per heavy atom. The van der Waals surface area contributed by atoms with E-state index in [1.54, 1.807) is 6.07 Å². The maximum atomic E-state index is 13.5. The minimum absolute atomic E-state index is 0.0936. The van der Waals surface area contributed by atoms with Crippen LogP contribution in [0.5, 0.6) is 0 Å². The molecule has 0 aromatic heterocycles. The number of hydrogen-bond acceptors (Lipinski definition) is 1. The lowest BCUT2D eigenvalue weighted by atomic mass is 9.83. The summed E-state index contributed by atoms with van der Waals surface area (Å²) in [5, 5.41) is 0. The lowest BCUT2D eigenvalue weighted by Gasteiger charge is -2.20. The molecule has 1 nitrogen and oxygen atoms in total. The number of carbonyl (C=O) groups excluding carboxylic acids is 1. The standard InChI is InChI=1S/C22H20F2O/c23-20-11-8-16(13-21(20)24)19-9-6-15-12-17(7-10-18(15)19)22(25)14-4-2-1-3-5-14/h6-14,19H,1-5H2. The Hall–Kier alpha value is -2.29. The lowest BCUT2D eigenvalue weighted by molar-refractivity contribution is 0.0889. The van der Waals surface area contributed by atoms with Gasteiger partial charge < -0.3 is 0 Å². The predicted octanol–water partition coefficient (Wildman–Crippen LogP) is 5.89. The summed E-state index contributed by atoms with van der Waals surface area (Å²) >= 11 is 0. The van der Waals surface area contributed by atoms with Gasteiger partial charge in [-0.2, -0.15) is 0 Å². The Balaban J connectivity index is 1.61. The van der Waals surface area contributed by atoms with Crippen LogP contribution in [0.4, 0.5) is 8.78 Å². The van der Waals surface area contributed by atoms with Crippen LogP contribution < -0.4 is 0 Å². The normalized spacial score (nSPS) is 19.8. The minimum Gasteiger partial charge on any atom is -0.294 e. The van der Waals surface area contributed by atoms with E-state index in [1.165, 1.54) is 12.5 Å². The first-order valence-electron chi connectivity index (χ1n) is 8.95. The molecule has 0 spiro atoms. The maximum Gasteiger partial charge on any atom is 0.165 e. The van der Waals surface area contributed by atoms with Crippen molar-refractivity contribution in [1.82, 2.24) is 0 Å². The van der Waals surface area contributed by atoms with Crippen LogP contribution >= 0.6 is 0 Å². The molecule has 3 heteroatoms. The number of ketones is 1. The number of allylic oxidation sites excluding steroid dienone is 1. The van der Waals surface area contributed by atoms with Gasteiger partial charge in [0.25, 0.3) is 0 Å². The molecule has 1 saturated carbocycles. The summed E-state index contributed by atoms with van der Waals surface area (Å²) in [4.78, 5) is 12.7. The molecule has 0 aliphatic heterocycles. The molecule has 0 saturated heterocycles. The van der Waals surface area contributed by atoms with Gasteiger partial charge in [0.15, 0.2) is 17.4 Å². The molecule has 128 valence electrons. The molecule has 25 heavy (non-hydrogen) atoms. The fourth-order valence-electron chi connectivity index (χ4n) is 4.06. The lowest BCUT2D eigenvalue weighted by Crippen LogP contribution is -2.18. The molecule has 0 radical (unpaired) electrons. The van der Waals surface area contributed by atoms with Crippen molar-refractivity contribution in [1.29, 1.82) is 0 Å². The van der Waals surface area contributed by atoms with Crippen molar-refractivity contribution in [2.24, 2.45) is 5.92 Å². The van der Waals surface area contributed by atoms with Crippen molar-refractivity contribution in [2.75, 3.05) is 0 Å². The summed E-state index contributed by atoms with van der Waals surface area (Å²) in [6.07, 6.45) is 9.43. The summed E-state index contributed by atoms with van der Waals surface area (Å²) in [5.41, 5.74) is 3.52. The molecule has 4 rings (SSSR count). The van der Waals surface area contributed by atoms with E-state index in [9.17, 15) is 13.6 Å². The van der Waals surface area contributed by atoms with E-state index >= 15 is 0 Å². The molecule has 0 bridgehead atoms. The fraction of sp³-hybridized carbons (Fsp3) is 0.318. The van der Waals surface area contributed by atoms with E-state index in [0.29, 0.717) is 0 Å². The first-order chi connectivity index (χ1) is 12.1. The summed E-state index contributed by atoms with van der Waals surface area (Å²) < 4.78 is 26.7. The van der Waals surface area contributed by atoms with E-state index in [4.69, 9.17) is 0 Å². The number of rotatable bonds is 3. The van der Waals surface area contributed by atoms with Crippen molar-refractivity contribution in [3.05, 3.63) is 76.4 Å². The van der Waals surface area contributed by atoms with Crippen molar-refractivity contribution >= 4 is 11.9 Å². The molecule has 2 aliphatic carbocycles. The minimum atomic E-state index is -0.834. The number of hydrogen-bond donors (Lipinski definition) is 0. The molecule has 2 aromatic rings. The topological polar surface area (TPSA) is 17.1 Å². The number of Topliss-reactive ketones (excluding diaryl/α,β-unsaturated/α-hetero) is 1. The molecule has 1 fully saturated rings. The second-order valence-corrected chi connectivity index (χ2v) is 7.05. The van der Waals surface area contributed by atoms with Crippen molar-refractivity contribution in [3.63, 3.8) is 0 Å². The Morgan fingerprint density at radius 1 is 0.920 bits per heavy atom. The van der Waals surface area contributed by atoms with Gasteiger partial charge in [-0.25, -0.2) is 8.78 Å². The Bertz CT molecular complexity index is 847. The average molecular weight is 338 g/mol. The summed E-state index contributed by atoms with van der Waals surface area (Å²) in [5.74, 6) is -1.36. The van der Waals surface area contributed by atoms with Crippen LogP contribution in [0, 0.1) is 17.6 Å². The van der Waals surface area contributed by atoms with Crippen LogP contribution in [0.1, 0.15) is 65.1 Å². The van der Waals surface area contributed by atoms with E-state index in [1.807, 2.05) is 30.4 Å². The molecule has 2 aliphatic rings. The highest BCUT2D eigenvalue weighted by atomic mass is 19.2. The van der Waals surface area contributed by atoms with Gasteiger partial charge in [0, 0.05) is 17.4 Å². The van der Waals surface area contributed by atoms with E-state index in [2.05, 4.69) is 0 Å². The van der Waals surface area contributed by atoms with Gasteiger partial charge >= 0.3 is 0 Å². The van der Waals surface area contributed by atoms with Crippen LogP contribution in [-0.2, 0) is 0 Å². The zero-order valence-electron chi connectivity index (χ0n) is 14.0. The van der Waals surface area contributed by atoms with Gasteiger partial charge in [0.05, 0.1) is 0 Å². The average Bonchev–Trinajstić information content (AvgIpc) is 3.07. The van der Waals surface area contributed by atoms with Crippen molar-refractivity contribution in [3.8, 4) is 0 Å². The van der Waals surface area contributed by atoms with Gasteiger partial charge in [0.1, 0.15) is 0 Å². The second kappa shape index (κ2) is 6.55. The molecule has 0 amide bonds. The molecule has 0 N–H and O–H groups in total. The Labute approximate surface area is 146 Å². The first kappa shape index (κ1) is 16.2. The highest BCUT2D eigenvalue weighted by Crippen LogP contribution is 2.37. The van der Waals surface area contributed by atoms with Gasteiger partial charge in [0.2, 0.25) is 0 Å². The highest BCUT2D eigenvalue weighted by Gasteiger charge is 2.25. The molecule has 2 aromatic carbocycles. The fourth-order valence-corrected chi connectivity index (χ4v) is 4.06. The monoisotopic (exact) mass is 338 g/mol. The first-order valence-corrected chi connectivity index (χ1v) is 8.95. The predicted molar refractivity (Wildman–Crippen MR) is 94.6 cm³/mol. The third kappa shape index (κ3) is 3.04. The molecular weight excluding hydrogens is 318 g/mol. The number of carbonyl (C=O) groups is 1.